The number of hydrogen-bond donors (Lipinski definition) is 2. The van der Waals surface area contributed by atoms with Crippen molar-refractivity contribution in [3.63, 3.8) is 0 Å². The lowest BCUT2D eigenvalue weighted by Gasteiger charge is -2.18. The minimum atomic E-state index is -1.94. The van der Waals surface area contributed by atoms with Crippen molar-refractivity contribution >= 4 is 5.91 Å². The summed E-state index contributed by atoms with van der Waals surface area (Å²) in [5, 5.41) is 11.3. The van der Waals surface area contributed by atoms with Crippen molar-refractivity contribution in [3.8, 4) is 0 Å². The molecule has 0 spiro atoms. The molecule has 0 unspecified atom stereocenters. The summed E-state index contributed by atoms with van der Waals surface area (Å²) in [5.41, 5.74) is -1.01. The molecule has 0 aromatic heterocycles. The van der Waals surface area contributed by atoms with Crippen LogP contribution in [0.4, 0.5) is 4.39 Å². The van der Waals surface area contributed by atoms with Gasteiger partial charge < -0.3 is 15.2 Å². The molecule has 4 nitrogen and oxygen atoms in total. The summed E-state index contributed by atoms with van der Waals surface area (Å²) in [6.45, 7) is 0.962. The van der Waals surface area contributed by atoms with E-state index in [1.165, 1.54) is 6.08 Å². The first-order valence-corrected chi connectivity index (χ1v) is 5.53. The summed E-state index contributed by atoms with van der Waals surface area (Å²) in [5.74, 6) is -0.634. The van der Waals surface area contributed by atoms with Crippen LogP contribution in [0.2, 0.25) is 0 Å². The molecule has 1 amide bonds. The molecular weight excluding hydrogens is 213 g/mol. The van der Waals surface area contributed by atoms with Crippen molar-refractivity contribution in [1.29, 1.82) is 0 Å². The maximum Gasteiger partial charge on any atom is 0.262 e. The van der Waals surface area contributed by atoms with E-state index in [2.05, 4.69) is 5.32 Å². The molecule has 5 heteroatoms. The molecule has 2 rings (SSSR count). The van der Waals surface area contributed by atoms with E-state index in [0.717, 1.165) is 5.57 Å². The normalized spacial score (nSPS) is 35.0. The van der Waals surface area contributed by atoms with Crippen LogP contribution in [0, 0.1) is 0 Å². The molecule has 2 aliphatic rings. The second-order valence-electron chi connectivity index (χ2n) is 4.33. The molecule has 2 aliphatic heterocycles. The first kappa shape index (κ1) is 11.5. The molecule has 0 aromatic carbocycles. The first-order valence-electron chi connectivity index (χ1n) is 5.53. The number of aliphatic hydroxyl groups excluding tert-OH is 1. The largest absolute Gasteiger partial charge is 0.394 e. The number of amides is 1. The molecular formula is C11H16FNO3. The Morgan fingerprint density at radius 1 is 1.56 bits per heavy atom. The lowest BCUT2D eigenvalue weighted by Crippen LogP contribution is -2.33. The quantitative estimate of drug-likeness (QED) is 0.670. The van der Waals surface area contributed by atoms with Gasteiger partial charge in [0, 0.05) is 6.42 Å². The number of halogens is 1. The highest BCUT2D eigenvalue weighted by Crippen LogP contribution is 2.30. The van der Waals surface area contributed by atoms with Crippen molar-refractivity contribution in [2.45, 2.75) is 31.0 Å². The van der Waals surface area contributed by atoms with Gasteiger partial charge in [0.1, 0.15) is 0 Å². The molecule has 0 saturated carbocycles. The van der Waals surface area contributed by atoms with E-state index in [-0.39, 0.29) is 13.0 Å². The second kappa shape index (κ2) is 4.51. The van der Waals surface area contributed by atoms with Crippen LogP contribution in [0.3, 0.4) is 0 Å². The Hall–Kier alpha value is -0.940. The monoisotopic (exact) mass is 229 g/mol. The van der Waals surface area contributed by atoms with Crippen LogP contribution in [0.5, 0.6) is 0 Å². The number of alkyl halides is 1. The van der Waals surface area contributed by atoms with Crippen molar-refractivity contribution < 1.29 is 19.0 Å². The maximum absolute atomic E-state index is 14.3. The van der Waals surface area contributed by atoms with Gasteiger partial charge in [0.2, 0.25) is 5.67 Å². The van der Waals surface area contributed by atoms with Crippen LogP contribution in [0.15, 0.2) is 11.6 Å². The molecule has 0 aliphatic carbocycles. The number of carbonyl (C=O) groups excluding carboxylic acids is 1. The Morgan fingerprint density at radius 3 is 2.81 bits per heavy atom. The Labute approximate surface area is 93.5 Å². The van der Waals surface area contributed by atoms with Gasteiger partial charge in [-0.1, -0.05) is 5.57 Å². The minimum Gasteiger partial charge on any atom is -0.394 e. The lowest BCUT2D eigenvalue weighted by atomic mass is 9.95. The van der Waals surface area contributed by atoms with Crippen molar-refractivity contribution in [3.05, 3.63) is 11.6 Å². The number of aliphatic hydroxyl groups is 1. The van der Waals surface area contributed by atoms with Crippen LogP contribution in [-0.4, -0.2) is 42.5 Å². The predicted octanol–water partition coefficient (Wildman–Crippen LogP) is 0.312. The zero-order chi connectivity index (χ0) is 11.6. The Kier molecular flexibility index (Phi) is 3.25. The fourth-order valence-electron chi connectivity index (χ4n) is 2.14. The molecule has 0 radical (unpaired) electrons. The zero-order valence-electron chi connectivity index (χ0n) is 9.04. The van der Waals surface area contributed by atoms with Gasteiger partial charge in [-0.2, -0.15) is 0 Å². The van der Waals surface area contributed by atoms with Gasteiger partial charge in [-0.3, -0.25) is 4.79 Å². The maximum atomic E-state index is 14.3. The highest BCUT2D eigenvalue weighted by atomic mass is 19.1. The number of rotatable bonds is 2. The van der Waals surface area contributed by atoms with E-state index in [4.69, 9.17) is 9.84 Å². The van der Waals surface area contributed by atoms with Crippen LogP contribution < -0.4 is 5.32 Å². The van der Waals surface area contributed by atoms with Gasteiger partial charge in [0.05, 0.1) is 25.9 Å². The Bertz CT molecular complexity index is 310. The van der Waals surface area contributed by atoms with E-state index in [1.807, 2.05) is 0 Å². The van der Waals surface area contributed by atoms with Gasteiger partial charge in [-0.25, -0.2) is 4.39 Å². The summed E-state index contributed by atoms with van der Waals surface area (Å²) in [7, 11) is 0. The summed E-state index contributed by atoms with van der Waals surface area (Å²) in [6.07, 6.45) is 2.80. The fourth-order valence-corrected chi connectivity index (χ4v) is 2.14. The van der Waals surface area contributed by atoms with Gasteiger partial charge in [-0.05, 0) is 18.9 Å². The molecule has 2 saturated heterocycles. The van der Waals surface area contributed by atoms with Crippen LogP contribution in [-0.2, 0) is 9.53 Å². The highest BCUT2D eigenvalue weighted by Gasteiger charge is 2.45. The number of carbonyl (C=O) groups is 1. The van der Waals surface area contributed by atoms with Gasteiger partial charge in [0.15, 0.2) is 0 Å². The molecule has 2 N–H and O–H groups in total. The van der Waals surface area contributed by atoms with E-state index in [9.17, 15) is 9.18 Å². The van der Waals surface area contributed by atoms with Gasteiger partial charge in [0.25, 0.3) is 5.91 Å². The minimum absolute atomic E-state index is 0.0205. The predicted molar refractivity (Wildman–Crippen MR) is 55.6 cm³/mol. The first-order chi connectivity index (χ1) is 7.64. The van der Waals surface area contributed by atoms with Crippen LogP contribution >= 0.6 is 0 Å². The molecule has 2 fully saturated rings. The van der Waals surface area contributed by atoms with E-state index in [1.54, 1.807) is 0 Å². The summed E-state index contributed by atoms with van der Waals surface area (Å²) in [4.78, 5) is 11.5. The summed E-state index contributed by atoms with van der Waals surface area (Å²) < 4.78 is 19.4. The zero-order valence-corrected chi connectivity index (χ0v) is 9.04. The van der Waals surface area contributed by atoms with E-state index in [0.29, 0.717) is 26.1 Å². The average molecular weight is 229 g/mol. The summed E-state index contributed by atoms with van der Waals surface area (Å²) in [6, 6.07) is -0.464. The van der Waals surface area contributed by atoms with Gasteiger partial charge >= 0.3 is 0 Å². The van der Waals surface area contributed by atoms with E-state index < -0.39 is 17.6 Å². The van der Waals surface area contributed by atoms with Crippen LogP contribution in [0.25, 0.3) is 0 Å². The third-order valence-electron chi connectivity index (χ3n) is 3.04. The van der Waals surface area contributed by atoms with E-state index >= 15 is 0 Å². The molecule has 2 atom stereocenters. The SMILES string of the molecule is O=C1N[C@H](CO)C[C@@]1(F)C=C1CCOCC1. The standard InChI is InChI=1S/C11H16FNO3/c12-11(5-8-1-3-16-4-2-8)6-9(7-14)13-10(11)15/h5,9,14H,1-4,6-7H2,(H,13,15)/t9-,11-/m0/s1. The highest BCUT2D eigenvalue weighted by molar-refractivity contribution is 5.90. The topological polar surface area (TPSA) is 58.6 Å². The fraction of sp³-hybridized carbons (Fsp3) is 0.727. The molecule has 2 heterocycles. The molecule has 0 bridgehead atoms. The third kappa shape index (κ3) is 2.25. The number of hydrogen-bond acceptors (Lipinski definition) is 3. The molecule has 16 heavy (non-hydrogen) atoms. The van der Waals surface area contributed by atoms with Crippen molar-refractivity contribution in [2.24, 2.45) is 0 Å². The lowest BCUT2D eigenvalue weighted by molar-refractivity contribution is -0.126. The molecule has 0 aromatic rings. The number of ether oxygens (including phenoxy) is 1. The smallest absolute Gasteiger partial charge is 0.262 e. The van der Waals surface area contributed by atoms with Crippen LogP contribution in [0.1, 0.15) is 19.3 Å². The summed E-state index contributed by atoms with van der Waals surface area (Å²) >= 11 is 0. The van der Waals surface area contributed by atoms with Crippen molar-refractivity contribution in [1.82, 2.24) is 5.32 Å². The second-order valence-corrected chi connectivity index (χ2v) is 4.33. The Morgan fingerprint density at radius 2 is 2.25 bits per heavy atom. The average Bonchev–Trinajstić information content (AvgIpc) is 2.56. The third-order valence-corrected chi connectivity index (χ3v) is 3.04. The number of nitrogens with one attached hydrogen (secondary N) is 1. The molecule has 90 valence electrons. The van der Waals surface area contributed by atoms with Crippen molar-refractivity contribution in [2.75, 3.05) is 19.8 Å². The van der Waals surface area contributed by atoms with Gasteiger partial charge in [-0.15, -0.1) is 0 Å². The Balaban J connectivity index is 2.09.